The van der Waals surface area contributed by atoms with Crippen LogP contribution < -0.4 is 16.4 Å². The van der Waals surface area contributed by atoms with Crippen LogP contribution in [0.4, 0.5) is 5.69 Å². The van der Waals surface area contributed by atoms with E-state index >= 15 is 0 Å². The summed E-state index contributed by atoms with van der Waals surface area (Å²) in [4.78, 5) is 53.4. The van der Waals surface area contributed by atoms with Crippen LogP contribution in [0, 0.1) is 5.92 Å². The number of rotatable bonds is 11. The second-order valence-electron chi connectivity index (χ2n) is 7.24. The van der Waals surface area contributed by atoms with Crippen molar-refractivity contribution >= 4 is 31.1 Å². The van der Waals surface area contributed by atoms with Gasteiger partial charge in [-0.25, -0.2) is 0 Å². The number of amides is 2. The van der Waals surface area contributed by atoms with Crippen molar-refractivity contribution in [3.8, 4) is 0 Å². The van der Waals surface area contributed by atoms with E-state index in [0.717, 1.165) is 0 Å². The second kappa shape index (κ2) is 11.1. The Morgan fingerprint density at radius 2 is 1.69 bits per heavy atom. The third-order valence-corrected chi connectivity index (χ3v) is 4.73. The highest BCUT2D eigenvalue weighted by Gasteiger charge is 2.25. The number of benzene rings is 1. The highest BCUT2D eigenvalue weighted by Crippen LogP contribution is 2.39. The molecule has 7 N–H and O–H groups in total. The Balaban J connectivity index is 2.77. The molecule has 29 heavy (non-hydrogen) atoms. The zero-order valence-electron chi connectivity index (χ0n) is 16.4. The maximum Gasteiger partial charge on any atom is 0.329 e. The summed E-state index contributed by atoms with van der Waals surface area (Å²) in [6.45, 7) is 3.77. The number of carboxylic acids is 1. The van der Waals surface area contributed by atoms with Crippen molar-refractivity contribution < 1.29 is 33.8 Å². The van der Waals surface area contributed by atoms with Crippen molar-refractivity contribution in [2.45, 2.75) is 51.4 Å². The van der Waals surface area contributed by atoms with Gasteiger partial charge in [-0.05, 0) is 36.5 Å². The molecular formula is C18H28N3O7P. The predicted octanol–water partition coefficient (Wildman–Crippen LogP) is 1.03. The summed E-state index contributed by atoms with van der Waals surface area (Å²) in [5.41, 5.74) is 6.52. The predicted molar refractivity (Wildman–Crippen MR) is 107 cm³/mol. The number of hydrogen-bond acceptors (Lipinski definition) is 5. The number of aliphatic carboxylic acids is 1. The molecule has 0 aromatic heterocycles. The molecule has 0 aliphatic heterocycles. The Labute approximate surface area is 169 Å². The lowest BCUT2D eigenvalue weighted by atomic mass is 10.0. The Kier molecular flexibility index (Phi) is 9.45. The smallest absolute Gasteiger partial charge is 0.329 e. The first-order chi connectivity index (χ1) is 13.4. The van der Waals surface area contributed by atoms with E-state index in [1.165, 1.54) is 24.3 Å². The van der Waals surface area contributed by atoms with Crippen molar-refractivity contribution in [1.82, 2.24) is 5.32 Å². The molecule has 0 unspecified atom stereocenters. The van der Waals surface area contributed by atoms with Gasteiger partial charge in [0.25, 0.3) is 0 Å². The second-order valence-corrected chi connectivity index (χ2v) is 8.88. The van der Waals surface area contributed by atoms with Gasteiger partial charge in [0.2, 0.25) is 11.8 Å². The lowest BCUT2D eigenvalue weighted by Gasteiger charge is -2.22. The van der Waals surface area contributed by atoms with Crippen LogP contribution in [0.2, 0.25) is 0 Å². The molecule has 0 fully saturated rings. The largest absolute Gasteiger partial charge is 0.481 e. The van der Waals surface area contributed by atoms with Crippen molar-refractivity contribution in [3.63, 3.8) is 0 Å². The summed E-state index contributed by atoms with van der Waals surface area (Å²) in [6.07, 6.45) is -0.351. The molecule has 162 valence electrons. The molecule has 11 heteroatoms. The number of nitrogens with one attached hydrogen (secondary N) is 2. The molecule has 10 nitrogen and oxygen atoms in total. The van der Waals surface area contributed by atoms with Gasteiger partial charge in [-0.15, -0.1) is 0 Å². The van der Waals surface area contributed by atoms with Gasteiger partial charge in [0.1, 0.15) is 6.04 Å². The molecule has 2 atom stereocenters. The molecule has 0 radical (unpaired) electrons. The van der Waals surface area contributed by atoms with Crippen LogP contribution in [0.5, 0.6) is 0 Å². The SMILES string of the molecule is CC(C)C[C@H](NC(=O)[C@@H](N)CCC(=O)O)C(=O)Nc1ccc(CP(=O)(O)O)cc1. The monoisotopic (exact) mass is 429 g/mol. The number of carbonyl (C=O) groups is 3. The van der Waals surface area contributed by atoms with Crippen LogP contribution in [0.1, 0.15) is 38.7 Å². The van der Waals surface area contributed by atoms with Crippen molar-refractivity contribution in [2.24, 2.45) is 11.7 Å². The van der Waals surface area contributed by atoms with Crippen molar-refractivity contribution in [1.29, 1.82) is 0 Å². The number of hydrogen-bond donors (Lipinski definition) is 6. The minimum Gasteiger partial charge on any atom is -0.481 e. The van der Waals surface area contributed by atoms with Crippen LogP contribution >= 0.6 is 7.60 Å². The lowest BCUT2D eigenvalue weighted by molar-refractivity contribution is -0.137. The quantitative estimate of drug-likeness (QED) is 0.282. The molecule has 0 bridgehead atoms. The Morgan fingerprint density at radius 3 is 2.17 bits per heavy atom. The molecule has 1 aromatic rings. The number of nitrogens with two attached hydrogens (primary N) is 1. The maximum atomic E-state index is 12.6. The topological polar surface area (TPSA) is 179 Å². The minimum absolute atomic E-state index is 0.0434. The fourth-order valence-electron chi connectivity index (χ4n) is 2.55. The lowest BCUT2D eigenvalue weighted by Crippen LogP contribution is -2.50. The molecule has 1 aromatic carbocycles. The Hall–Kier alpha value is -2.26. The van der Waals surface area contributed by atoms with Gasteiger partial charge in [0.05, 0.1) is 12.2 Å². The van der Waals surface area contributed by atoms with Gasteiger partial charge in [0, 0.05) is 12.1 Å². The van der Waals surface area contributed by atoms with E-state index in [-0.39, 0.29) is 18.8 Å². The van der Waals surface area contributed by atoms with E-state index in [2.05, 4.69) is 10.6 Å². The molecule has 0 heterocycles. The summed E-state index contributed by atoms with van der Waals surface area (Å²) >= 11 is 0. The molecule has 0 saturated carbocycles. The van der Waals surface area contributed by atoms with Gasteiger partial charge >= 0.3 is 13.6 Å². The summed E-state index contributed by atoms with van der Waals surface area (Å²) in [6, 6.07) is 4.10. The van der Waals surface area contributed by atoms with Gasteiger partial charge in [-0.3, -0.25) is 18.9 Å². The third-order valence-electron chi connectivity index (χ3n) is 3.96. The Morgan fingerprint density at radius 1 is 1.10 bits per heavy atom. The summed E-state index contributed by atoms with van der Waals surface area (Å²) < 4.78 is 11.0. The molecule has 2 amide bonds. The van der Waals surface area contributed by atoms with E-state index in [4.69, 9.17) is 20.6 Å². The van der Waals surface area contributed by atoms with E-state index in [1.54, 1.807) is 0 Å². The number of carbonyl (C=O) groups excluding carboxylic acids is 2. The normalized spacial score (nSPS) is 13.6. The van der Waals surface area contributed by atoms with Crippen molar-refractivity contribution in [2.75, 3.05) is 5.32 Å². The molecule has 0 aliphatic rings. The van der Waals surface area contributed by atoms with E-state index in [1.807, 2.05) is 13.8 Å². The number of carboxylic acid groups (broad SMARTS) is 1. The van der Waals surface area contributed by atoms with Gasteiger partial charge in [-0.2, -0.15) is 0 Å². The summed E-state index contributed by atoms with van der Waals surface area (Å²) in [5, 5.41) is 13.9. The molecule has 0 saturated heterocycles. The first kappa shape index (κ1) is 24.8. The van der Waals surface area contributed by atoms with Gasteiger partial charge in [0.15, 0.2) is 0 Å². The fraction of sp³-hybridized carbons (Fsp3) is 0.500. The highest BCUT2D eigenvalue weighted by molar-refractivity contribution is 7.50. The molecular weight excluding hydrogens is 401 g/mol. The Bertz CT molecular complexity index is 761. The van der Waals surface area contributed by atoms with Crippen LogP contribution in [-0.4, -0.2) is 44.8 Å². The number of anilines is 1. The van der Waals surface area contributed by atoms with E-state index in [0.29, 0.717) is 17.7 Å². The maximum absolute atomic E-state index is 12.6. The van der Waals surface area contributed by atoms with Crippen LogP contribution in [0.25, 0.3) is 0 Å². The van der Waals surface area contributed by atoms with E-state index in [9.17, 15) is 18.9 Å². The summed E-state index contributed by atoms with van der Waals surface area (Å²) in [7, 11) is -4.18. The van der Waals surface area contributed by atoms with Crippen molar-refractivity contribution in [3.05, 3.63) is 29.8 Å². The van der Waals surface area contributed by atoms with E-state index < -0.39 is 43.6 Å². The molecule has 1 rings (SSSR count). The van der Waals surface area contributed by atoms with Crippen LogP contribution in [0.3, 0.4) is 0 Å². The highest BCUT2D eigenvalue weighted by atomic mass is 31.2. The van der Waals surface area contributed by atoms with Gasteiger partial charge < -0.3 is 31.3 Å². The minimum atomic E-state index is -4.18. The van der Waals surface area contributed by atoms with Crippen LogP contribution in [0.15, 0.2) is 24.3 Å². The fourth-order valence-corrected chi connectivity index (χ4v) is 3.24. The zero-order valence-corrected chi connectivity index (χ0v) is 17.3. The average molecular weight is 429 g/mol. The average Bonchev–Trinajstić information content (AvgIpc) is 2.58. The van der Waals surface area contributed by atoms with Crippen LogP contribution in [-0.2, 0) is 25.1 Å². The first-order valence-electron chi connectivity index (χ1n) is 9.09. The standard InChI is InChI=1S/C18H28N3O7P/c1-11(2)9-15(21-17(24)14(19)7-8-16(22)23)18(25)20-13-5-3-12(4-6-13)10-29(26,27)28/h3-6,11,14-15H,7-10,19H2,1-2H3,(H,20,25)(H,21,24)(H,22,23)(H2,26,27,28)/t14-,15-/m0/s1. The first-order valence-corrected chi connectivity index (χ1v) is 10.9. The third kappa shape index (κ3) is 10.2. The molecule has 0 spiro atoms. The zero-order chi connectivity index (χ0) is 22.2. The van der Waals surface area contributed by atoms with Gasteiger partial charge in [-0.1, -0.05) is 26.0 Å². The molecule has 0 aliphatic carbocycles. The summed E-state index contributed by atoms with van der Waals surface area (Å²) in [5.74, 6) is -2.05.